The number of carbonyl (C=O) groups excluding carboxylic acids is 1. The molecule has 0 atom stereocenters. The van der Waals surface area contributed by atoms with Gasteiger partial charge in [0.15, 0.2) is 11.7 Å². The number of halogens is 2. The Morgan fingerprint density at radius 1 is 1.20 bits per heavy atom. The third kappa shape index (κ3) is 6.45. The van der Waals surface area contributed by atoms with Crippen LogP contribution in [-0.4, -0.2) is 38.0 Å². The van der Waals surface area contributed by atoms with E-state index in [0.717, 1.165) is 42.9 Å². The number of nitrogens with zero attached hydrogens (tertiary/aromatic N) is 1. The van der Waals surface area contributed by atoms with Crippen LogP contribution in [0.5, 0.6) is 0 Å². The average Bonchev–Trinajstić information content (AvgIpc) is 3.38. The van der Waals surface area contributed by atoms with Crippen LogP contribution >= 0.6 is 24.0 Å². The van der Waals surface area contributed by atoms with Gasteiger partial charge < -0.3 is 20.4 Å². The minimum Gasteiger partial charge on any atom is -0.459 e. The number of carbonyl (C=O) groups is 1. The maximum absolute atomic E-state index is 13.6. The number of hydrogen-bond donors (Lipinski definition) is 3. The van der Waals surface area contributed by atoms with Crippen molar-refractivity contribution in [2.45, 2.75) is 38.5 Å². The normalized spacial score (nSPS) is 14.6. The Labute approximate surface area is 194 Å². The molecule has 164 valence electrons. The van der Waals surface area contributed by atoms with Gasteiger partial charge in [0.05, 0.1) is 12.8 Å². The van der Waals surface area contributed by atoms with Gasteiger partial charge in [-0.05, 0) is 56.9 Å². The first-order chi connectivity index (χ1) is 14.0. The van der Waals surface area contributed by atoms with Crippen molar-refractivity contribution in [3.8, 4) is 0 Å². The number of guanidine groups is 1. The van der Waals surface area contributed by atoms with Gasteiger partial charge in [0.1, 0.15) is 5.82 Å². The molecule has 1 aromatic carbocycles. The Morgan fingerprint density at radius 3 is 2.60 bits per heavy atom. The minimum absolute atomic E-state index is 0. The minimum atomic E-state index is -0.199. The van der Waals surface area contributed by atoms with E-state index in [9.17, 15) is 9.18 Å². The van der Waals surface area contributed by atoms with Crippen LogP contribution in [0.15, 0.2) is 46.0 Å². The lowest BCUT2D eigenvalue weighted by Gasteiger charge is -2.16. The van der Waals surface area contributed by atoms with Crippen LogP contribution in [0.2, 0.25) is 0 Å². The van der Waals surface area contributed by atoms with Crippen LogP contribution in [0.25, 0.3) is 0 Å². The molecule has 0 aliphatic heterocycles. The molecule has 0 unspecified atom stereocenters. The second-order valence-electron chi connectivity index (χ2n) is 7.45. The zero-order valence-electron chi connectivity index (χ0n) is 17.5. The molecular weight excluding hydrogens is 498 g/mol. The molecule has 0 saturated heterocycles. The molecule has 0 spiro atoms. The van der Waals surface area contributed by atoms with Crippen LogP contribution in [-0.2, 0) is 5.41 Å². The molecule has 6 nitrogen and oxygen atoms in total. The third-order valence-electron chi connectivity index (χ3n) is 5.17. The van der Waals surface area contributed by atoms with Crippen molar-refractivity contribution in [3.63, 3.8) is 0 Å². The van der Waals surface area contributed by atoms with Gasteiger partial charge >= 0.3 is 0 Å². The summed E-state index contributed by atoms with van der Waals surface area (Å²) in [6.45, 7) is 6.46. The van der Waals surface area contributed by atoms with Gasteiger partial charge in [-0.2, -0.15) is 0 Å². The predicted octanol–water partition coefficient (Wildman–Crippen LogP) is 3.75. The van der Waals surface area contributed by atoms with E-state index < -0.39 is 0 Å². The molecule has 8 heteroatoms. The molecule has 1 saturated carbocycles. The van der Waals surface area contributed by atoms with E-state index in [1.807, 2.05) is 19.9 Å². The first-order valence-electron chi connectivity index (χ1n) is 10.1. The smallest absolute Gasteiger partial charge is 0.287 e. The second-order valence-corrected chi connectivity index (χ2v) is 7.45. The summed E-state index contributed by atoms with van der Waals surface area (Å²) in [6.07, 6.45) is 4.32. The predicted molar refractivity (Wildman–Crippen MR) is 127 cm³/mol. The highest BCUT2D eigenvalue weighted by molar-refractivity contribution is 14.0. The number of aryl methyl sites for hydroxylation is 1. The monoisotopic (exact) mass is 528 g/mol. The molecule has 1 heterocycles. The van der Waals surface area contributed by atoms with Crippen LogP contribution in [0, 0.1) is 12.7 Å². The number of rotatable bonds is 9. The Hall–Kier alpha value is -2.10. The van der Waals surface area contributed by atoms with E-state index in [-0.39, 0.29) is 41.1 Å². The highest BCUT2D eigenvalue weighted by Gasteiger charge is 2.44. The number of aliphatic imine (C=N–C) groups is 1. The molecule has 0 bridgehead atoms. The topological polar surface area (TPSA) is 78.7 Å². The Balaban J connectivity index is 0.00000320. The summed E-state index contributed by atoms with van der Waals surface area (Å²) < 4.78 is 18.7. The Morgan fingerprint density at radius 2 is 1.97 bits per heavy atom. The zero-order valence-corrected chi connectivity index (χ0v) is 19.8. The summed E-state index contributed by atoms with van der Waals surface area (Å²) in [5.41, 5.74) is 1.81. The molecule has 1 aliphatic carbocycles. The van der Waals surface area contributed by atoms with Crippen molar-refractivity contribution in [1.29, 1.82) is 0 Å². The van der Waals surface area contributed by atoms with Gasteiger partial charge in [-0.3, -0.25) is 9.79 Å². The van der Waals surface area contributed by atoms with Crippen LogP contribution < -0.4 is 16.0 Å². The maximum atomic E-state index is 13.6. The van der Waals surface area contributed by atoms with Gasteiger partial charge in [0, 0.05) is 30.6 Å². The maximum Gasteiger partial charge on any atom is 0.287 e. The van der Waals surface area contributed by atoms with Crippen LogP contribution in [0.1, 0.15) is 47.9 Å². The molecule has 1 amide bonds. The summed E-state index contributed by atoms with van der Waals surface area (Å²) in [6, 6.07) is 8.60. The van der Waals surface area contributed by atoms with Crippen LogP contribution in [0.4, 0.5) is 4.39 Å². The van der Waals surface area contributed by atoms with E-state index in [4.69, 9.17) is 9.41 Å². The van der Waals surface area contributed by atoms with Gasteiger partial charge in [-0.15, -0.1) is 24.0 Å². The fourth-order valence-electron chi connectivity index (χ4n) is 3.26. The number of benzene rings is 1. The highest BCUT2D eigenvalue weighted by Crippen LogP contribution is 2.48. The van der Waals surface area contributed by atoms with Crippen LogP contribution in [0.3, 0.4) is 0 Å². The summed E-state index contributed by atoms with van der Waals surface area (Å²) in [5, 5.41) is 9.39. The molecule has 3 rings (SSSR count). The van der Waals surface area contributed by atoms with E-state index in [2.05, 4.69) is 16.0 Å². The number of amides is 1. The first kappa shape index (κ1) is 24.2. The van der Waals surface area contributed by atoms with Crippen molar-refractivity contribution in [2.24, 2.45) is 4.99 Å². The van der Waals surface area contributed by atoms with Gasteiger partial charge in [0.2, 0.25) is 0 Å². The average molecular weight is 528 g/mol. The zero-order chi connectivity index (χ0) is 20.7. The molecule has 30 heavy (non-hydrogen) atoms. The Kier molecular flexibility index (Phi) is 9.13. The fraction of sp³-hybridized carbons (Fsp3) is 0.455. The molecule has 1 fully saturated rings. The lowest BCUT2D eigenvalue weighted by Crippen LogP contribution is -2.39. The molecule has 1 aromatic heterocycles. The van der Waals surface area contributed by atoms with Crippen molar-refractivity contribution < 1.29 is 13.6 Å². The third-order valence-corrected chi connectivity index (χ3v) is 5.17. The van der Waals surface area contributed by atoms with Gasteiger partial charge in [-0.1, -0.05) is 12.1 Å². The SMILES string of the molecule is CCNC(=NCC1(c2cccc(F)c2)CC1)NCCCNC(=O)c1occc1C.I. The van der Waals surface area contributed by atoms with E-state index in [1.54, 1.807) is 18.2 Å². The number of furan rings is 1. The molecular formula is C22H30FIN4O2. The van der Waals surface area contributed by atoms with Crippen molar-refractivity contribution in [2.75, 3.05) is 26.2 Å². The molecule has 0 radical (unpaired) electrons. The van der Waals surface area contributed by atoms with Crippen molar-refractivity contribution >= 4 is 35.8 Å². The Bertz CT molecular complexity index is 864. The lowest BCUT2D eigenvalue weighted by molar-refractivity contribution is 0.0925. The quantitative estimate of drug-likeness (QED) is 0.201. The molecule has 3 N–H and O–H groups in total. The van der Waals surface area contributed by atoms with Crippen molar-refractivity contribution in [3.05, 3.63) is 59.3 Å². The first-order valence-corrected chi connectivity index (χ1v) is 10.1. The second kappa shape index (κ2) is 11.3. The van der Waals surface area contributed by atoms with Gasteiger partial charge in [-0.25, -0.2) is 4.39 Å². The van der Waals surface area contributed by atoms with E-state index in [0.29, 0.717) is 25.4 Å². The van der Waals surface area contributed by atoms with Crippen molar-refractivity contribution in [1.82, 2.24) is 16.0 Å². The number of hydrogen-bond acceptors (Lipinski definition) is 3. The number of nitrogens with one attached hydrogen (secondary N) is 3. The summed E-state index contributed by atoms with van der Waals surface area (Å²) in [5.74, 6) is 0.705. The largest absolute Gasteiger partial charge is 0.459 e. The van der Waals surface area contributed by atoms with E-state index >= 15 is 0 Å². The molecule has 1 aliphatic rings. The summed E-state index contributed by atoms with van der Waals surface area (Å²) in [7, 11) is 0. The lowest BCUT2D eigenvalue weighted by atomic mass is 9.96. The summed E-state index contributed by atoms with van der Waals surface area (Å²) in [4.78, 5) is 16.7. The highest BCUT2D eigenvalue weighted by atomic mass is 127. The standard InChI is InChI=1S/C22H29FN4O2.HI/c1-3-24-21(26-12-5-11-25-20(28)19-16(2)8-13-29-19)27-15-22(9-10-22)17-6-4-7-18(23)14-17;/h4,6-8,13-14H,3,5,9-12,15H2,1-2H3,(H,25,28)(H2,24,26,27);1H. The fourth-order valence-corrected chi connectivity index (χ4v) is 3.26. The molecule has 2 aromatic rings. The van der Waals surface area contributed by atoms with E-state index in [1.165, 1.54) is 12.3 Å². The van der Waals surface area contributed by atoms with Gasteiger partial charge in [0.25, 0.3) is 5.91 Å². The summed E-state index contributed by atoms with van der Waals surface area (Å²) >= 11 is 0.